The molecule has 1 aliphatic rings. The first kappa shape index (κ1) is 15.5. The Kier molecular flexibility index (Phi) is 5.21. The number of nitrogens with one attached hydrogen (secondary N) is 1. The molecule has 0 radical (unpaired) electrons. The molecular weight excluding hydrogens is 340 g/mol. The summed E-state index contributed by atoms with van der Waals surface area (Å²) in [4.78, 5) is 27.1. The molecule has 0 saturated carbocycles. The van der Waals surface area contributed by atoms with Gasteiger partial charge in [-0.3, -0.25) is 9.59 Å². The molecule has 0 aliphatic carbocycles. The molecule has 2 rings (SSSR count). The molecule has 1 unspecified atom stereocenters. The largest absolute Gasteiger partial charge is 0.349 e. The lowest BCUT2D eigenvalue weighted by molar-refractivity contribution is -0.139. The normalized spacial score (nSPS) is 16.8. The van der Waals surface area contributed by atoms with Crippen molar-refractivity contribution in [2.75, 3.05) is 6.54 Å². The van der Waals surface area contributed by atoms with Crippen LogP contribution in [0.15, 0.2) is 15.9 Å². The van der Waals surface area contributed by atoms with E-state index in [2.05, 4.69) is 21.2 Å². The van der Waals surface area contributed by atoms with Crippen molar-refractivity contribution in [2.45, 2.75) is 39.3 Å². The van der Waals surface area contributed by atoms with Gasteiger partial charge in [-0.25, -0.2) is 0 Å². The summed E-state index contributed by atoms with van der Waals surface area (Å²) >= 11 is 5.01. The maximum atomic E-state index is 12.4. The number of thiophene rings is 1. The van der Waals surface area contributed by atoms with Gasteiger partial charge in [0.25, 0.3) is 0 Å². The summed E-state index contributed by atoms with van der Waals surface area (Å²) in [6.45, 7) is 5.18. The predicted molar refractivity (Wildman–Crippen MR) is 83.4 cm³/mol. The fourth-order valence-corrected chi connectivity index (χ4v) is 3.92. The van der Waals surface area contributed by atoms with Gasteiger partial charge in [-0.15, -0.1) is 11.3 Å². The first-order valence-corrected chi connectivity index (χ1v) is 8.41. The van der Waals surface area contributed by atoms with Crippen LogP contribution in [0.25, 0.3) is 0 Å². The molecule has 1 aromatic heterocycles. The predicted octanol–water partition coefficient (Wildman–Crippen LogP) is 2.77. The maximum Gasteiger partial charge on any atom is 0.243 e. The van der Waals surface area contributed by atoms with Crippen LogP contribution in [-0.4, -0.2) is 29.3 Å². The molecule has 1 fully saturated rings. The highest BCUT2D eigenvalue weighted by molar-refractivity contribution is 9.11. The Bertz CT molecular complexity index is 501. The second-order valence-electron chi connectivity index (χ2n) is 5.30. The van der Waals surface area contributed by atoms with Crippen molar-refractivity contribution in [1.29, 1.82) is 0 Å². The number of likely N-dealkylation sites (tertiary alicyclic amines) is 1. The van der Waals surface area contributed by atoms with Crippen LogP contribution in [0, 0.1) is 5.92 Å². The first-order chi connectivity index (χ1) is 9.49. The van der Waals surface area contributed by atoms with E-state index >= 15 is 0 Å². The van der Waals surface area contributed by atoms with Gasteiger partial charge in [0.05, 0.1) is 10.3 Å². The minimum Gasteiger partial charge on any atom is -0.349 e. The van der Waals surface area contributed by atoms with Crippen LogP contribution in [0.1, 0.15) is 31.6 Å². The molecule has 20 heavy (non-hydrogen) atoms. The molecule has 4 nitrogen and oxygen atoms in total. The average molecular weight is 359 g/mol. The van der Waals surface area contributed by atoms with E-state index in [1.807, 2.05) is 26.0 Å². The van der Waals surface area contributed by atoms with Gasteiger partial charge in [-0.05, 0) is 40.4 Å². The molecule has 1 aromatic rings. The number of hydrogen-bond acceptors (Lipinski definition) is 3. The topological polar surface area (TPSA) is 49.4 Å². The van der Waals surface area contributed by atoms with Gasteiger partial charge in [0.15, 0.2) is 0 Å². The van der Waals surface area contributed by atoms with Gasteiger partial charge in [-0.1, -0.05) is 13.8 Å². The second-order valence-corrected chi connectivity index (χ2v) is 7.85. The summed E-state index contributed by atoms with van der Waals surface area (Å²) in [6, 6.07) is 3.60. The number of amides is 2. The molecule has 2 amide bonds. The molecular formula is C14H19BrN2O2S. The van der Waals surface area contributed by atoms with Gasteiger partial charge in [0, 0.05) is 17.8 Å². The lowest BCUT2D eigenvalue weighted by Gasteiger charge is -2.29. The molecule has 0 aromatic carbocycles. The Balaban J connectivity index is 1.98. The lowest BCUT2D eigenvalue weighted by Crippen LogP contribution is -2.50. The fraction of sp³-hybridized carbons (Fsp3) is 0.571. The fourth-order valence-electron chi connectivity index (χ4n) is 2.49. The van der Waals surface area contributed by atoms with E-state index in [1.54, 1.807) is 16.2 Å². The van der Waals surface area contributed by atoms with Crippen LogP contribution >= 0.6 is 27.3 Å². The molecule has 0 spiro atoms. The van der Waals surface area contributed by atoms with Crippen LogP contribution in [0.3, 0.4) is 0 Å². The van der Waals surface area contributed by atoms with Crippen molar-refractivity contribution in [2.24, 2.45) is 5.92 Å². The summed E-state index contributed by atoms with van der Waals surface area (Å²) in [7, 11) is 0. The van der Waals surface area contributed by atoms with Crippen LogP contribution in [0.2, 0.25) is 0 Å². The van der Waals surface area contributed by atoms with Crippen molar-refractivity contribution in [1.82, 2.24) is 10.2 Å². The Morgan fingerprint density at radius 3 is 2.75 bits per heavy atom. The standard InChI is InChI=1S/C14H19BrN2O2S/c1-9(2)13(17-7-3-4-12(17)18)14(19)16-8-10-5-6-11(15)20-10/h5-6,9,13H,3-4,7-8H2,1-2H3,(H,16,19). The Hall–Kier alpha value is -0.880. The second kappa shape index (κ2) is 6.72. The Morgan fingerprint density at radius 1 is 1.50 bits per heavy atom. The van der Waals surface area contributed by atoms with Gasteiger partial charge in [0.2, 0.25) is 11.8 Å². The molecule has 1 atom stereocenters. The lowest BCUT2D eigenvalue weighted by atomic mass is 10.0. The molecule has 1 aliphatic heterocycles. The van der Waals surface area contributed by atoms with E-state index < -0.39 is 0 Å². The van der Waals surface area contributed by atoms with E-state index in [9.17, 15) is 9.59 Å². The molecule has 1 N–H and O–H groups in total. The Labute approximate surface area is 131 Å². The van der Waals surface area contributed by atoms with E-state index in [0.29, 0.717) is 19.5 Å². The quantitative estimate of drug-likeness (QED) is 0.879. The highest BCUT2D eigenvalue weighted by Crippen LogP contribution is 2.22. The monoisotopic (exact) mass is 358 g/mol. The molecule has 2 heterocycles. The molecule has 1 saturated heterocycles. The van der Waals surface area contributed by atoms with Crippen molar-refractivity contribution in [3.8, 4) is 0 Å². The number of carbonyl (C=O) groups excluding carboxylic acids is 2. The summed E-state index contributed by atoms with van der Waals surface area (Å²) in [5.74, 6) is 0.157. The number of nitrogens with zero attached hydrogens (tertiary/aromatic N) is 1. The highest BCUT2D eigenvalue weighted by Gasteiger charge is 2.34. The van der Waals surface area contributed by atoms with Crippen molar-refractivity contribution < 1.29 is 9.59 Å². The van der Waals surface area contributed by atoms with Crippen molar-refractivity contribution in [3.63, 3.8) is 0 Å². The third-order valence-electron chi connectivity index (χ3n) is 3.41. The highest BCUT2D eigenvalue weighted by atomic mass is 79.9. The minimum absolute atomic E-state index is 0.0558. The van der Waals surface area contributed by atoms with Gasteiger partial charge >= 0.3 is 0 Å². The summed E-state index contributed by atoms with van der Waals surface area (Å²) < 4.78 is 1.05. The number of halogens is 1. The van der Waals surface area contributed by atoms with E-state index in [1.165, 1.54) is 0 Å². The average Bonchev–Trinajstić information content (AvgIpc) is 2.97. The van der Waals surface area contributed by atoms with Crippen LogP contribution in [0.5, 0.6) is 0 Å². The SMILES string of the molecule is CC(C)C(C(=O)NCc1ccc(Br)s1)N1CCCC1=O. The van der Waals surface area contributed by atoms with Gasteiger partial charge < -0.3 is 10.2 Å². The first-order valence-electron chi connectivity index (χ1n) is 6.80. The molecule has 6 heteroatoms. The van der Waals surface area contributed by atoms with E-state index in [0.717, 1.165) is 15.1 Å². The Morgan fingerprint density at radius 2 is 2.25 bits per heavy atom. The van der Waals surface area contributed by atoms with Crippen molar-refractivity contribution >= 4 is 39.1 Å². The summed E-state index contributed by atoms with van der Waals surface area (Å²) in [5.41, 5.74) is 0. The third-order valence-corrected chi connectivity index (χ3v) is 5.04. The van der Waals surface area contributed by atoms with Gasteiger partial charge in [0.1, 0.15) is 6.04 Å². The van der Waals surface area contributed by atoms with Crippen LogP contribution in [0.4, 0.5) is 0 Å². The van der Waals surface area contributed by atoms with Crippen molar-refractivity contribution in [3.05, 3.63) is 20.8 Å². The zero-order valence-corrected chi connectivity index (χ0v) is 14.1. The zero-order valence-electron chi connectivity index (χ0n) is 11.7. The summed E-state index contributed by atoms with van der Waals surface area (Å²) in [6.07, 6.45) is 1.42. The van der Waals surface area contributed by atoms with Gasteiger partial charge in [-0.2, -0.15) is 0 Å². The molecule has 110 valence electrons. The number of rotatable bonds is 5. The smallest absolute Gasteiger partial charge is 0.243 e. The van der Waals surface area contributed by atoms with E-state index in [4.69, 9.17) is 0 Å². The van der Waals surface area contributed by atoms with Crippen LogP contribution in [-0.2, 0) is 16.1 Å². The molecule has 0 bridgehead atoms. The zero-order chi connectivity index (χ0) is 14.7. The van der Waals surface area contributed by atoms with Crippen LogP contribution < -0.4 is 5.32 Å². The third kappa shape index (κ3) is 3.61. The number of hydrogen-bond donors (Lipinski definition) is 1. The van der Waals surface area contributed by atoms with E-state index in [-0.39, 0.29) is 23.8 Å². The number of carbonyl (C=O) groups is 2. The summed E-state index contributed by atoms with van der Waals surface area (Å²) in [5, 5.41) is 2.95. The minimum atomic E-state index is -0.353. The maximum absolute atomic E-state index is 12.4.